The summed E-state index contributed by atoms with van der Waals surface area (Å²) in [5.41, 5.74) is 0. The molecule has 0 fully saturated rings. The minimum Gasteiger partial charge on any atom is -0.652 e. The van der Waals surface area contributed by atoms with Crippen molar-refractivity contribution in [3.8, 4) is 0 Å². The van der Waals surface area contributed by atoms with Crippen LogP contribution >= 0.6 is 0 Å². The van der Waals surface area contributed by atoms with Crippen LogP contribution in [-0.4, -0.2) is 12.3 Å². The first-order chi connectivity index (χ1) is 3.46. The topological polar surface area (TPSA) is 126 Å². The summed E-state index contributed by atoms with van der Waals surface area (Å²) in [7, 11) is 0. The van der Waals surface area contributed by atoms with Crippen LogP contribution in [0.5, 0.6) is 0 Å². The Kier molecular flexibility index (Phi) is 35.9. The van der Waals surface area contributed by atoms with Crippen molar-refractivity contribution in [2.75, 3.05) is 0 Å². The first kappa shape index (κ1) is 22.7. The molecule has 0 bridgehead atoms. The second-order valence-electron chi connectivity index (χ2n) is 0.500. The Morgan fingerprint density at radius 1 is 0.800 bits per heavy atom. The molecule has 6 nitrogen and oxygen atoms in total. The van der Waals surface area contributed by atoms with Gasteiger partial charge in [0.2, 0.25) is 0 Å². The van der Waals surface area contributed by atoms with Gasteiger partial charge < -0.3 is 30.0 Å². The van der Waals surface area contributed by atoms with Crippen molar-refractivity contribution >= 4 is 12.3 Å². The van der Waals surface area contributed by atoms with E-state index in [1.54, 1.807) is 0 Å². The van der Waals surface area contributed by atoms with E-state index in [1.165, 1.54) is 0 Å². The Morgan fingerprint density at radius 3 is 0.800 bits per heavy atom. The van der Waals surface area contributed by atoms with E-state index in [-0.39, 0.29) is 33.6 Å². The van der Waals surface area contributed by atoms with Crippen LogP contribution < -0.4 is 20.4 Å². The molecule has 0 amide bonds. The summed E-state index contributed by atoms with van der Waals surface area (Å²) in [5, 5.41) is 33.3. The maximum absolute atomic E-state index is 8.33. The average molecular weight is 242 g/mol. The van der Waals surface area contributed by atoms with E-state index < -0.39 is 12.3 Å². The molecule has 8 heteroatoms. The van der Waals surface area contributed by atoms with E-state index in [0.29, 0.717) is 0 Å². The van der Waals surface area contributed by atoms with Crippen LogP contribution in [0.25, 0.3) is 0 Å². The molecule has 65 valence electrons. The Labute approximate surface area is 76.3 Å². The smallest absolute Gasteiger partial charge is 0.652 e. The molecule has 0 atom stereocenters. The van der Waals surface area contributed by atoms with E-state index in [0.717, 1.165) is 0 Å². The summed E-state index contributed by atoms with van der Waals surface area (Å²) >= 11 is 0. The molecule has 0 saturated heterocycles. The summed E-state index contributed by atoms with van der Waals surface area (Å²) < 4.78 is 0. The summed E-state index contributed by atoms with van der Waals surface area (Å²) in [4.78, 5) is 16.7. The number of carboxylic acid groups (broad SMARTS) is 4. The fourth-order valence-electron chi connectivity index (χ4n) is 0. The zero-order chi connectivity index (χ0) is 7.15. The van der Waals surface area contributed by atoms with Gasteiger partial charge in [-0.2, -0.15) is 0 Å². The molecule has 1 radical (unpaired) electrons. The Balaban J connectivity index is -0.0000000300. The zero-order valence-electron chi connectivity index (χ0n) is 4.07. The van der Waals surface area contributed by atoms with Crippen LogP contribution in [0.1, 0.15) is 0 Å². The first-order valence-corrected chi connectivity index (χ1v) is 1.22. The predicted molar refractivity (Wildman–Crippen MR) is 10.8 cm³/mol. The molecule has 0 saturated carbocycles. The van der Waals surface area contributed by atoms with Crippen molar-refractivity contribution in [3.63, 3.8) is 0 Å². The summed E-state index contributed by atoms with van der Waals surface area (Å²) in [6.07, 6.45) is -4.67. The van der Waals surface area contributed by atoms with Crippen molar-refractivity contribution in [1.29, 1.82) is 0 Å². The van der Waals surface area contributed by atoms with Crippen molar-refractivity contribution in [1.82, 2.24) is 0 Å². The average Bonchev–Trinajstić information content (AvgIpc) is 1.25. The Bertz CT molecular complexity index is 73.7. The third-order valence-corrected chi connectivity index (χ3v) is 0. The summed E-state index contributed by atoms with van der Waals surface area (Å²) in [6, 6.07) is 0. The zero-order valence-corrected chi connectivity index (χ0v) is 6.00. The molecule has 0 aromatic rings. The monoisotopic (exact) mass is 241 g/mol. The van der Waals surface area contributed by atoms with Gasteiger partial charge in [-0.3, -0.25) is 0 Å². The number of rotatable bonds is 0. The largest absolute Gasteiger partial charge is 2.00 e. The molecule has 0 N–H and O–H groups in total. The quantitative estimate of drug-likeness (QED) is 0.392. The molecule has 0 rings (SSSR count). The van der Waals surface area contributed by atoms with E-state index in [2.05, 4.69) is 0 Å². The van der Waals surface area contributed by atoms with Crippen LogP contribution in [0.15, 0.2) is 0 Å². The molecule has 0 aromatic heterocycles. The van der Waals surface area contributed by atoms with Crippen LogP contribution in [0, 0.1) is 0 Å². The molecule has 0 aliphatic carbocycles. The van der Waals surface area contributed by atoms with Crippen LogP contribution in [0.4, 0.5) is 9.59 Å². The predicted octanol–water partition coefficient (Wildman–Crippen LogP) is -4.90. The van der Waals surface area contributed by atoms with Gasteiger partial charge in [0.25, 0.3) is 0 Å². The van der Waals surface area contributed by atoms with Gasteiger partial charge in [-0.15, -0.1) is 0 Å². The number of hydrogen-bond donors (Lipinski definition) is 0. The second kappa shape index (κ2) is 15.8. The molecular weight excluding hydrogens is 242 g/mol. The number of hydrogen-bond acceptors (Lipinski definition) is 6. The van der Waals surface area contributed by atoms with Gasteiger partial charge in [-0.1, -0.05) is 0 Å². The fraction of sp³-hybridized carbons (Fsp3) is 0. The Hall–Kier alpha value is -0.447. The second-order valence-corrected chi connectivity index (χ2v) is 0.500. The minimum absolute atomic E-state index is 0. The Morgan fingerprint density at radius 2 is 0.800 bits per heavy atom. The van der Waals surface area contributed by atoms with E-state index in [1.807, 2.05) is 0 Å². The molecule has 0 aromatic carbocycles. The molecule has 0 unspecified atom stereocenters. The molecule has 10 heavy (non-hydrogen) atoms. The van der Waals surface area contributed by atoms with Gasteiger partial charge in [0, 0.05) is 0 Å². The fourth-order valence-corrected chi connectivity index (χ4v) is 0. The molecule has 0 aliphatic rings. The van der Waals surface area contributed by atoms with Crippen molar-refractivity contribution in [2.45, 2.75) is 0 Å². The maximum atomic E-state index is 8.33. The van der Waals surface area contributed by atoms with Crippen LogP contribution in [0.2, 0.25) is 0 Å². The van der Waals surface area contributed by atoms with Crippen molar-refractivity contribution in [3.05, 3.63) is 0 Å². The maximum Gasteiger partial charge on any atom is 2.00 e. The normalized spacial score (nSPS) is 4.80. The third kappa shape index (κ3) is 1620. The summed E-state index contributed by atoms with van der Waals surface area (Å²) in [6.45, 7) is 0. The first-order valence-electron chi connectivity index (χ1n) is 1.22. The number of carbonyl (C=O) groups excluding carboxylic acids is 2. The van der Waals surface area contributed by atoms with Crippen LogP contribution in [0.3, 0.4) is 0 Å². The van der Waals surface area contributed by atoms with Gasteiger partial charge in [-0.05, 0) is 12.3 Å². The van der Waals surface area contributed by atoms with E-state index >= 15 is 0 Å². The van der Waals surface area contributed by atoms with Crippen LogP contribution in [-0.2, 0) is 33.6 Å². The van der Waals surface area contributed by atoms with Gasteiger partial charge >= 0.3 is 33.6 Å². The van der Waals surface area contributed by atoms with Gasteiger partial charge in [0.05, 0.1) is 0 Å². The van der Waals surface area contributed by atoms with Gasteiger partial charge in [0.15, 0.2) is 0 Å². The van der Waals surface area contributed by atoms with Gasteiger partial charge in [0.1, 0.15) is 0 Å². The molecular formula is C2CuNiO6. The van der Waals surface area contributed by atoms with Crippen molar-refractivity contribution in [2.24, 2.45) is 0 Å². The van der Waals surface area contributed by atoms with E-state index in [9.17, 15) is 0 Å². The molecule has 0 aliphatic heterocycles. The third-order valence-electron chi connectivity index (χ3n) is 0. The number of carbonyl (C=O) groups is 2. The van der Waals surface area contributed by atoms with Gasteiger partial charge in [-0.25, -0.2) is 0 Å². The standard InChI is InChI=1S/2CH2O3.Cu.Ni/c2*2-1(3)4;;/h2*(H2,2,3,4);;/q;;2*+2/p-4. The minimum atomic E-state index is -2.33. The SMILES string of the molecule is O=C([O-])[O-].O=C([O-])[O-].[Cu+2].[Ni+2]. The molecule has 0 heterocycles. The summed E-state index contributed by atoms with van der Waals surface area (Å²) in [5.74, 6) is 0. The van der Waals surface area contributed by atoms with Crippen molar-refractivity contribution < 1.29 is 63.6 Å². The molecule has 0 spiro atoms. The van der Waals surface area contributed by atoms with E-state index in [4.69, 9.17) is 30.0 Å².